The molecule has 1 fully saturated rings. The van der Waals surface area contributed by atoms with Crippen LogP contribution in [0.1, 0.15) is 25.3 Å². The van der Waals surface area contributed by atoms with E-state index in [1.165, 1.54) is 9.80 Å². The molecule has 20 heavy (non-hydrogen) atoms. The van der Waals surface area contributed by atoms with Gasteiger partial charge in [0.2, 0.25) is 0 Å². The highest BCUT2D eigenvalue weighted by Crippen LogP contribution is 2.30. The molecule has 1 aliphatic rings. The molecule has 1 saturated heterocycles. The van der Waals surface area contributed by atoms with Crippen molar-refractivity contribution in [2.75, 3.05) is 13.6 Å². The number of nitrogens with zero attached hydrogens (tertiary/aromatic N) is 3. The summed E-state index contributed by atoms with van der Waals surface area (Å²) in [6.45, 7) is 2.51. The van der Waals surface area contributed by atoms with Gasteiger partial charge in [-0.25, -0.2) is 9.59 Å². The summed E-state index contributed by atoms with van der Waals surface area (Å²) in [7, 11) is 1.68. The van der Waals surface area contributed by atoms with E-state index in [2.05, 4.69) is 4.98 Å². The van der Waals surface area contributed by atoms with Crippen LogP contribution in [0.15, 0.2) is 24.5 Å². The smallest absolute Gasteiger partial charge is 0.329 e. The first kappa shape index (κ1) is 14.3. The molecule has 1 N–H and O–H groups in total. The lowest BCUT2D eigenvalue weighted by Crippen LogP contribution is -2.54. The third-order valence-corrected chi connectivity index (χ3v) is 3.80. The zero-order valence-electron chi connectivity index (χ0n) is 11.7. The number of aliphatic carboxylic acids is 1. The van der Waals surface area contributed by atoms with Gasteiger partial charge in [-0.1, -0.05) is 6.07 Å². The number of hydrogen-bond donors (Lipinski definition) is 1. The summed E-state index contributed by atoms with van der Waals surface area (Å²) in [4.78, 5) is 30.8. The van der Waals surface area contributed by atoms with Gasteiger partial charge in [-0.3, -0.25) is 4.98 Å². The van der Waals surface area contributed by atoms with E-state index in [1.807, 2.05) is 12.1 Å². The fourth-order valence-corrected chi connectivity index (χ4v) is 2.53. The summed E-state index contributed by atoms with van der Waals surface area (Å²) < 4.78 is 0. The van der Waals surface area contributed by atoms with Gasteiger partial charge in [-0.2, -0.15) is 0 Å². The monoisotopic (exact) mass is 277 g/mol. The van der Waals surface area contributed by atoms with Crippen LogP contribution in [0, 0.1) is 0 Å². The SMILES string of the molecule is CN(Cc1cccnc1)C(=O)N1CCCC1(C)C(=O)O. The van der Waals surface area contributed by atoms with Crippen LogP contribution in [0.3, 0.4) is 0 Å². The van der Waals surface area contributed by atoms with Crippen molar-refractivity contribution < 1.29 is 14.7 Å². The van der Waals surface area contributed by atoms with E-state index >= 15 is 0 Å². The number of carbonyl (C=O) groups excluding carboxylic acids is 1. The number of rotatable bonds is 3. The molecule has 0 saturated carbocycles. The van der Waals surface area contributed by atoms with Crippen LogP contribution in [0.4, 0.5) is 4.79 Å². The molecule has 1 aromatic rings. The van der Waals surface area contributed by atoms with Crippen LogP contribution in [0.5, 0.6) is 0 Å². The molecule has 6 heteroatoms. The molecule has 1 atom stereocenters. The normalized spacial score (nSPS) is 21.8. The minimum absolute atomic E-state index is 0.253. The van der Waals surface area contributed by atoms with Gasteiger partial charge in [0.05, 0.1) is 0 Å². The van der Waals surface area contributed by atoms with E-state index in [0.29, 0.717) is 19.5 Å². The maximum absolute atomic E-state index is 12.4. The molecule has 0 aromatic carbocycles. The Morgan fingerprint density at radius 3 is 2.90 bits per heavy atom. The van der Waals surface area contributed by atoms with E-state index in [1.54, 1.807) is 26.4 Å². The van der Waals surface area contributed by atoms with Crippen molar-refractivity contribution in [1.29, 1.82) is 0 Å². The van der Waals surface area contributed by atoms with Crippen LogP contribution in [0.2, 0.25) is 0 Å². The Morgan fingerprint density at radius 1 is 1.55 bits per heavy atom. The number of carbonyl (C=O) groups is 2. The summed E-state index contributed by atoms with van der Waals surface area (Å²) in [6.07, 6.45) is 4.58. The van der Waals surface area contributed by atoms with Gasteiger partial charge in [-0.15, -0.1) is 0 Å². The van der Waals surface area contributed by atoms with Gasteiger partial charge in [0, 0.05) is 32.5 Å². The molecule has 108 valence electrons. The molecular weight excluding hydrogens is 258 g/mol. The van der Waals surface area contributed by atoms with Crippen molar-refractivity contribution in [3.05, 3.63) is 30.1 Å². The molecule has 1 unspecified atom stereocenters. The van der Waals surface area contributed by atoms with Gasteiger partial charge >= 0.3 is 12.0 Å². The quantitative estimate of drug-likeness (QED) is 0.910. The molecule has 0 spiro atoms. The number of urea groups is 1. The average Bonchev–Trinajstić information content (AvgIpc) is 2.82. The summed E-state index contributed by atoms with van der Waals surface area (Å²) >= 11 is 0. The van der Waals surface area contributed by atoms with Crippen LogP contribution in [-0.2, 0) is 11.3 Å². The second-order valence-electron chi connectivity index (χ2n) is 5.33. The first-order valence-electron chi connectivity index (χ1n) is 6.60. The minimum atomic E-state index is -1.10. The average molecular weight is 277 g/mol. The van der Waals surface area contributed by atoms with E-state index < -0.39 is 11.5 Å². The van der Waals surface area contributed by atoms with Crippen LogP contribution in [-0.4, -0.2) is 51.0 Å². The molecule has 2 rings (SSSR count). The molecule has 0 bridgehead atoms. The fourth-order valence-electron chi connectivity index (χ4n) is 2.53. The number of carboxylic acid groups (broad SMARTS) is 1. The molecule has 2 heterocycles. The van der Waals surface area contributed by atoms with E-state index in [0.717, 1.165) is 12.0 Å². The lowest BCUT2D eigenvalue weighted by atomic mass is 10.00. The molecule has 1 aromatic heterocycles. The molecule has 1 aliphatic heterocycles. The Labute approximate surface area is 118 Å². The Kier molecular flexibility index (Phi) is 3.92. The van der Waals surface area contributed by atoms with Crippen LogP contribution >= 0.6 is 0 Å². The lowest BCUT2D eigenvalue weighted by molar-refractivity contribution is -0.147. The van der Waals surface area contributed by atoms with Crippen LogP contribution < -0.4 is 0 Å². The zero-order valence-corrected chi connectivity index (χ0v) is 11.7. The predicted molar refractivity (Wildman–Crippen MR) is 73.1 cm³/mol. The fraction of sp³-hybridized carbons (Fsp3) is 0.500. The van der Waals surface area contributed by atoms with Crippen molar-refractivity contribution in [2.45, 2.75) is 31.8 Å². The Hall–Kier alpha value is -2.11. The number of hydrogen-bond acceptors (Lipinski definition) is 3. The molecule has 0 radical (unpaired) electrons. The number of aromatic nitrogens is 1. The Morgan fingerprint density at radius 2 is 2.30 bits per heavy atom. The standard InChI is InChI=1S/C14H19N3O3/c1-14(12(18)19)6-4-8-17(14)13(20)16(2)10-11-5-3-7-15-9-11/h3,5,7,9H,4,6,8,10H2,1-2H3,(H,18,19). The Balaban J connectivity index is 2.09. The molecule has 2 amide bonds. The van der Waals surface area contributed by atoms with Crippen molar-refractivity contribution in [2.24, 2.45) is 0 Å². The van der Waals surface area contributed by atoms with Gasteiger partial charge in [0.25, 0.3) is 0 Å². The number of amides is 2. The maximum atomic E-state index is 12.4. The highest BCUT2D eigenvalue weighted by molar-refractivity contribution is 5.86. The topological polar surface area (TPSA) is 73.7 Å². The summed E-state index contributed by atoms with van der Waals surface area (Å²) in [6, 6.07) is 3.44. The van der Waals surface area contributed by atoms with Gasteiger partial charge in [0.1, 0.15) is 5.54 Å². The van der Waals surface area contributed by atoms with E-state index in [9.17, 15) is 14.7 Å². The van der Waals surface area contributed by atoms with Gasteiger partial charge in [0.15, 0.2) is 0 Å². The molecule has 0 aliphatic carbocycles. The van der Waals surface area contributed by atoms with E-state index in [4.69, 9.17) is 0 Å². The largest absolute Gasteiger partial charge is 0.480 e. The van der Waals surface area contributed by atoms with Crippen molar-refractivity contribution in [3.8, 4) is 0 Å². The maximum Gasteiger partial charge on any atom is 0.329 e. The van der Waals surface area contributed by atoms with E-state index in [-0.39, 0.29) is 6.03 Å². The Bertz CT molecular complexity index is 506. The third kappa shape index (κ3) is 2.59. The van der Waals surface area contributed by atoms with Gasteiger partial charge in [-0.05, 0) is 31.4 Å². The predicted octanol–water partition coefficient (Wildman–Crippen LogP) is 1.57. The summed E-state index contributed by atoms with van der Waals surface area (Å²) in [5, 5.41) is 9.34. The van der Waals surface area contributed by atoms with Crippen molar-refractivity contribution in [3.63, 3.8) is 0 Å². The number of likely N-dealkylation sites (tertiary alicyclic amines) is 1. The first-order valence-corrected chi connectivity index (χ1v) is 6.60. The van der Waals surface area contributed by atoms with Crippen molar-refractivity contribution in [1.82, 2.24) is 14.8 Å². The third-order valence-electron chi connectivity index (χ3n) is 3.80. The molecule has 6 nitrogen and oxygen atoms in total. The minimum Gasteiger partial charge on any atom is -0.480 e. The number of pyridine rings is 1. The van der Waals surface area contributed by atoms with Crippen molar-refractivity contribution >= 4 is 12.0 Å². The first-order chi connectivity index (χ1) is 9.45. The lowest BCUT2D eigenvalue weighted by Gasteiger charge is -2.34. The second-order valence-corrected chi connectivity index (χ2v) is 5.33. The van der Waals surface area contributed by atoms with Crippen LogP contribution in [0.25, 0.3) is 0 Å². The second kappa shape index (κ2) is 5.48. The zero-order chi connectivity index (χ0) is 14.8. The summed E-state index contributed by atoms with van der Waals surface area (Å²) in [5.41, 5.74) is -0.181. The molecular formula is C14H19N3O3. The highest BCUT2D eigenvalue weighted by Gasteiger charge is 2.46. The number of carboxylic acids is 1. The highest BCUT2D eigenvalue weighted by atomic mass is 16.4. The van der Waals surface area contributed by atoms with Gasteiger partial charge < -0.3 is 14.9 Å². The summed E-state index contributed by atoms with van der Waals surface area (Å²) in [5.74, 6) is -0.946.